The molecule has 7 nitrogen and oxygen atoms in total. The average Bonchev–Trinajstić information content (AvgIpc) is 2.26. The molecule has 0 radical (unpaired) electrons. The third-order valence-corrected chi connectivity index (χ3v) is 1.52. The number of carboxylic acid groups (broad SMARTS) is 1. The highest BCUT2D eigenvalue weighted by molar-refractivity contribution is 5.89. The van der Waals surface area contributed by atoms with Gasteiger partial charge in [-0.1, -0.05) is 5.92 Å². The minimum Gasteiger partial charge on any atom is -0.472 e. The second-order valence-electron chi connectivity index (χ2n) is 3.27. The number of aliphatic carboxylic acids is 1. The average molecular weight is 262 g/mol. The highest BCUT2D eigenvalue weighted by Gasteiger charge is 1.94. The molecule has 0 aliphatic heterocycles. The topological polar surface area (TPSA) is 142 Å². The van der Waals surface area contributed by atoms with Crippen LogP contribution in [0.5, 0.6) is 0 Å². The van der Waals surface area contributed by atoms with Crippen LogP contribution in [0.2, 0.25) is 0 Å². The molecule has 7 N–H and O–H groups in total. The van der Waals surface area contributed by atoms with Gasteiger partial charge in [0, 0.05) is 24.1 Å². The molecule has 1 amide bonds. The number of carboxylic acids is 1. The summed E-state index contributed by atoms with van der Waals surface area (Å²) < 4.78 is 0. The molecule has 0 saturated carbocycles. The van der Waals surface area contributed by atoms with E-state index >= 15 is 0 Å². The molecule has 0 atom stereocenters. The highest BCUT2D eigenvalue weighted by Crippen LogP contribution is 2.08. The smallest absolute Gasteiger partial charge is 0.382 e. The normalized spacial score (nSPS) is 8.05. The highest BCUT2D eigenvalue weighted by atomic mass is 16.4. The predicted molar refractivity (Wildman–Crippen MR) is 71.4 cm³/mol. The van der Waals surface area contributed by atoms with Gasteiger partial charge in [0.1, 0.15) is 0 Å². The molecule has 0 fully saturated rings. The van der Waals surface area contributed by atoms with Crippen molar-refractivity contribution >= 4 is 23.5 Å². The molecule has 1 rings (SSSR count). The number of hydrogen-bond donors (Lipinski definition) is 5. The van der Waals surface area contributed by atoms with Crippen LogP contribution in [-0.4, -0.2) is 22.9 Å². The first-order valence-corrected chi connectivity index (χ1v) is 5.03. The molecule has 0 bridgehead atoms. The van der Waals surface area contributed by atoms with E-state index in [1.54, 1.807) is 24.3 Å². The summed E-state index contributed by atoms with van der Waals surface area (Å²) in [6.07, 6.45) is 0. The van der Waals surface area contributed by atoms with E-state index in [0.717, 1.165) is 0 Å². The zero-order valence-corrected chi connectivity index (χ0v) is 10.2. The second-order valence-corrected chi connectivity index (χ2v) is 3.27. The third-order valence-electron chi connectivity index (χ3n) is 1.52. The fraction of sp³-hybridized carbons (Fsp3) is 0.0833. The molecule has 0 saturated heterocycles. The van der Waals surface area contributed by atoms with Gasteiger partial charge in [-0.05, 0) is 24.3 Å². The zero-order chi connectivity index (χ0) is 14.8. The number of anilines is 1. The van der Waals surface area contributed by atoms with Crippen molar-refractivity contribution in [2.45, 2.75) is 6.92 Å². The first-order valence-electron chi connectivity index (χ1n) is 5.03. The van der Waals surface area contributed by atoms with Gasteiger partial charge in [0.15, 0.2) is 5.96 Å². The molecular formula is C12H14N4O3. The Kier molecular flexibility index (Phi) is 6.85. The lowest BCUT2D eigenvalue weighted by molar-refractivity contribution is -0.130. The quantitative estimate of drug-likeness (QED) is 0.273. The van der Waals surface area contributed by atoms with Crippen molar-refractivity contribution in [1.29, 1.82) is 5.41 Å². The van der Waals surface area contributed by atoms with Gasteiger partial charge < -0.3 is 21.9 Å². The first kappa shape index (κ1) is 16.0. The van der Waals surface area contributed by atoms with Crippen LogP contribution in [0.25, 0.3) is 0 Å². The van der Waals surface area contributed by atoms with Gasteiger partial charge in [-0.2, -0.15) is 0 Å². The van der Waals surface area contributed by atoms with E-state index in [4.69, 9.17) is 10.5 Å². The van der Waals surface area contributed by atoms with E-state index in [1.807, 2.05) is 5.92 Å². The van der Waals surface area contributed by atoms with Crippen LogP contribution in [0.1, 0.15) is 12.5 Å². The van der Waals surface area contributed by atoms with Crippen molar-refractivity contribution in [3.63, 3.8) is 0 Å². The Morgan fingerprint density at radius 2 is 1.74 bits per heavy atom. The summed E-state index contributed by atoms with van der Waals surface area (Å²) in [7, 11) is 0. The second kappa shape index (κ2) is 8.14. The van der Waals surface area contributed by atoms with E-state index in [1.165, 1.54) is 6.92 Å². The Labute approximate surface area is 110 Å². The van der Waals surface area contributed by atoms with Gasteiger partial charge in [0.05, 0.1) is 0 Å². The van der Waals surface area contributed by atoms with Crippen LogP contribution in [0.15, 0.2) is 24.3 Å². The molecule has 0 aliphatic rings. The molecular weight excluding hydrogens is 248 g/mol. The zero-order valence-electron chi connectivity index (χ0n) is 10.2. The lowest BCUT2D eigenvalue weighted by atomic mass is 10.2. The maximum absolute atomic E-state index is 10.7. The van der Waals surface area contributed by atoms with Crippen molar-refractivity contribution in [1.82, 2.24) is 0 Å². The summed E-state index contributed by atoms with van der Waals surface area (Å²) >= 11 is 0. The molecule has 0 aromatic heterocycles. The number of carbonyl (C=O) groups excluding carboxylic acids is 1. The number of nitrogens with one attached hydrogen (secondary N) is 2. The number of benzene rings is 1. The van der Waals surface area contributed by atoms with Crippen molar-refractivity contribution in [3.05, 3.63) is 29.8 Å². The lowest BCUT2D eigenvalue weighted by Gasteiger charge is -2.00. The molecule has 0 heterocycles. The van der Waals surface area contributed by atoms with E-state index in [0.29, 0.717) is 11.3 Å². The minimum atomic E-state index is -1.17. The summed E-state index contributed by atoms with van der Waals surface area (Å²) in [4.78, 5) is 20.9. The molecule has 1 aromatic carbocycles. The van der Waals surface area contributed by atoms with E-state index in [2.05, 4.69) is 22.7 Å². The molecule has 100 valence electrons. The largest absolute Gasteiger partial charge is 0.472 e. The lowest BCUT2D eigenvalue weighted by Crippen LogP contribution is -2.20. The Morgan fingerprint density at radius 1 is 1.26 bits per heavy atom. The Morgan fingerprint density at radius 3 is 2.11 bits per heavy atom. The SMILES string of the molecule is CC(=O)Nc1ccc(C#CC(=O)O)cc1.N=C(N)N. The van der Waals surface area contributed by atoms with Gasteiger partial charge >= 0.3 is 5.97 Å². The maximum atomic E-state index is 10.7. The summed E-state index contributed by atoms with van der Waals surface area (Å²) in [5.74, 6) is 2.81. The summed E-state index contributed by atoms with van der Waals surface area (Å²) in [5, 5.41) is 17.0. The number of rotatable bonds is 1. The van der Waals surface area contributed by atoms with Crippen molar-refractivity contribution < 1.29 is 14.7 Å². The van der Waals surface area contributed by atoms with Crippen LogP contribution in [0, 0.1) is 17.3 Å². The number of guanidine groups is 1. The van der Waals surface area contributed by atoms with E-state index < -0.39 is 5.97 Å². The van der Waals surface area contributed by atoms with E-state index in [-0.39, 0.29) is 11.9 Å². The number of amides is 1. The minimum absolute atomic E-state index is 0.153. The molecule has 0 spiro atoms. The van der Waals surface area contributed by atoms with Gasteiger partial charge in [0.2, 0.25) is 5.91 Å². The number of carbonyl (C=O) groups is 2. The predicted octanol–water partition coefficient (Wildman–Crippen LogP) is -0.0803. The van der Waals surface area contributed by atoms with Gasteiger partial charge in [0.25, 0.3) is 0 Å². The Hall–Kier alpha value is -3.01. The Balaban J connectivity index is 0.000000711. The molecule has 1 aromatic rings. The van der Waals surface area contributed by atoms with Gasteiger partial charge in [-0.15, -0.1) is 0 Å². The van der Waals surface area contributed by atoms with Gasteiger partial charge in [-0.3, -0.25) is 10.2 Å². The first-order chi connectivity index (χ1) is 8.81. The third kappa shape index (κ3) is 9.89. The van der Waals surface area contributed by atoms with E-state index in [9.17, 15) is 9.59 Å². The molecule has 19 heavy (non-hydrogen) atoms. The monoisotopic (exact) mass is 262 g/mol. The van der Waals surface area contributed by atoms with Crippen molar-refractivity contribution in [3.8, 4) is 11.8 Å². The molecule has 0 aliphatic carbocycles. The summed E-state index contributed by atoms with van der Waals surface area (Å²) in [6, 6.07) is 6.60. The fourth-order valence-electron chi connectivity index (χ4n) is 0.966. The van der Waals surface area contributed by atoms with Crippen LogP contribution < -0.4 is 16.8 Å². The fourth-order valence-corrected chi connectivity index (χ4v) is 0.966. The number of hydrogen-bond acceptors (Lipinski definition) is 3. The summed E-state index contributed by atoms with van der Waals surface area (Å²) in [5.41, 5.74) is 10.2. The maximum Gasteiger partial charge on any atom is 0.382 e. The van der Waals surface area contributed by atoms with Crippen LogP contribution >= 0.6 is 0 Å². The summed E-state index contributed by atoms with van der Waals surface area (Å²) in [6.45, 7) is 1.41. The number of nitrogens with two attached hydrogens (primary N) is 2. The standard InChI is InChI=1S/C11H9NO3.CH5N3/c1-8(13)12-10-5-2-9(3-6-10)4-7-11(14)15;2-1(3)4/h2-3,5-6H,1H3,(H,12,13)(H,14,15);(H5,2,3,4). The van der Waals surface area contributed by atoms with Crippen LogP contribution in [0.4, 0.5) is 5.69 Å². The van der Waals surface area contributed by atoms with Crippen LogP contribution in [0.3, 0.4) is 0 Å². The van der Waals surface area contributed by atoms with Crippen LogP contribution in [-0.2, 0) is 9.59 Å². The molecule has 0 unspecified atom stereocenters. The van der Waals surface area contributed by atoms with Gasteiger partial charge in [-0.25, -0.2) is 4.79 Å². The Bertz CT molecular complexity index is 522. The van der Waals surface area contributed by atoms with Crippen molar-refractivity contribution in [2.75, 3.05) is 5.32 Å². The molecule has 7 heteroatoms. The van der Waals surface area contributed by atoms with Crippen molar-refractivity contribution in [2.24, 2.45) is 11.5 Å².